The Morgan fingerprint density at radius 3 is 2.60 bits per heavy atom. The van der Waals surface area contributed by atoms with Gasteiger partial charge in [-0.15, -0.1) is 0 Å². The van der Waals surface area contributed by atoms with Crippen molar-refractivity contribution in [2.24, 2.45) is 5.73 Å². The van der Waals surface area contributed by atoms with Crippen LogP contribution in [0, 0.1) is 0 Å². The summed E-state index contributed by atoms with van der Waals surface area (Å²) in [5, 5.41) is 0. The van der Waals surface area contributed by atoms with E-state index >= 15 is 0 Å². The number of amides is 1. The van der Waals surface area contributed by atoms with E-state index < -0.39 is 5.91 Å². The average Bonchev–Trinajstić information content (AvgIpc) is 2.44. The van der Waals surface area contributed by atoms with Crippen molar-refractivity contribution in [3.8, 4) is 5.75 Å². The van der Waals surface area contributed by atoms with Gasteiger partial charge in [-0.05, 0) is 41.5 Å². The van der Waals surface area contributed by atoms with Gasteiger partial charge in [0.1, 0.15) is 12.4 Å². The van der Waals surface area contributed by atoms with E-state index in [2.05, 4.69) is 15.9 Å². The van der Waals surface area contributed by atoms with Crippen LogP contribution in [-0.2, 0) is 11.4 Å². The van der Waals surface area contributed by atoms with Crippen LogP contribution in [0.5, 0.6) is 5.75 Å². The summed E-state index contributed by atoms with van der Waals surface area (Å²) < 4.78 is 6.72. The van der Waals surface area contributed by atoms with E-state index in [1.165, 1.54) is 6.08 Å². The van der Waals surface area contributed by atoms with Gasteiger partial charge in [-0.3, -0.25) is 4.79 Å². The van der Waals surface area contributed by atoms with E-state index in [-0.39, 0.29) is 0 Å². The molecule has 0 bridgehead atoms. The molecule has 3 nitrogen and oxygen atoms in total. The zero-order valence-electron chi connectivity index (χ0n) is 10.8. The Morgan fingerprint density at radius 2 is 1.95 bits per heavy atom. The molecule has 0 fully saturated rings. The standard InChI is InChI=1S/C16H14BrNO2/c17-14-3-1-2-13(10-14)11-20-15-7-4-12(5-8-15)6-9-16(18)19/h1-10H,11H2,(H2,18,19)/b9-6-. The molecule has 0 saturated carbocycles. The van der Waals surface area contributed by atoms with Gasteiger partial charge in [0.25, 0.3) is 0 Å². The third-order valence-electron chi connectivity index (χ3n) is 2.61. The molecule has 2 N–H and O–H groups in total. The highest BCUT2D eigenvalue weighted by atomic mass is 79.9. The van der Waals surface area contributed by atoms with Gasteiger partial charge in [-0.2, -0.15) is 0 Å². The van der Waals surface area contributed by atoms with Crippen LogP contribution in [0.4, 0.5) is 0 Å². The number of benzene rings is 2. The first kappa shape index (κ1) is 14.3. The van der Waals surface area contributed by atoms with E-state index in [0.717, 1.165) is 21.3 Å². The van der Waals surface area contributed by atoms with Gasteiger partial charge >= 0.3 is 0 Å². The maximum Gasteiger partial charge on any atom is 0.241 e. The molecule has 0 atom stereocenters. The Bertz CT molecular complexity index is 621. The van der Waals surface area contributed by atoms with Gasteiger partial charge in [0.15, 0.2) is 0 Å². The largest absolute Gasteiger partial charge is 0.489 e. The fourth-order valence-corrected chi connectivity index (χ4v) is 2.09. The highest BCUT2D eigenvalue weighted by Gasteiger charge is 1.97. The minimum atomic E-state index is -0.458. The lowest BCUT2D eigenvalue weighted by molar-refractivity contribution is -0.113. The van der Waals surface area contributed by atoms with Crippen molar-refractivity contribution in [2.45, 2.75) is 6.61 Å². The maximum absolute atomic E-state index is 10.6. The predicted molar refractivity (Wildman–Crippen MR) is 83.1 cm³/mol. The Morgan fingerprint density at radius 1 is 1.20 bits per heavy atom. The minimum Gasteiger partial charge on any atom is -0.489 e. The Kier molecular flexibility index (Phi) is 4.96. The van der Waals surface area contributed by atoms with Crippen molar-refractivity contribution < 1.29 is 9.53 Å². The van der Waals surface area contributed by atoms with Crippen molar-refractivity contribution in [3.05, 3.63) is 70.2 Å². The number of halogens is 1. The minimum absolute atomic E-state index is 0.458. The number of carbonyl (C=O) groups excluding carboxylic acids is 1. The molecule has 4 heteroatoms. The second-order valence-corrected chi connectivity index (χ2v) is 5.14. The Labute approximate surface area is 126 Å². The Hall–Kier alpha value is -2.07. The van der Waals surface area contributed by atoms with Crippen LogP contribution >= 0.6 is 15.9 Å². The number of ether oxygens (including phenoxy) is 1. The van der Waals surface area contributed by atoms with Crippen molar-refractivity contribution in [1.29, 1.82) is 0 Å². The molecule has 0 unspecified atom stereocenters. The molecule has 0 radical (unpaired) electrons. The van der Waals surface area contributed by atoms with Crippen LogP contribution in [0.1, 0.15) is 11.1 Å². The normalized spacial score (nSPS) is 10.7. The lowest BCUT2D eigenvalue weighted by Gasteiger charge is -2.06. The second-order valence-electron chi connectivity index (χ2n) is 4.22. The summed E-state index contributed by atoms with van der Waals surface area (Å²) in [6.07, 6.45) is 3.00. The molecule has 0 aliphatic carbocycles. The number of carbonyl (C=O) groups is 1. The molecule has 0 spiro atoms. The number of nitrogens with two attached hydrogens (primary N) is 1. The fraction of sp³-hybridized carbons (Fsp3) is 0.0625. The summed E-state index contributed by atoms with van der Waals surface area (Å²) in [6, 6.07) is 15.4. The molecule has 2 aromatic rings. The summed E-state index contributed by atoms with van der Waals surface area (Å²) in [4.78, 5) is 10.6. The van der Waals surface area contributed by atoms with Gasteiger partial charge in [0.05, 0.1) is 0 Å². The smallest absolute Gasteiger partial charge is 0.241 e. The topological polar surface area (TPSA) is 52.3 Å². The monoisotopic (exact) mass is 331 g/mol. The third-order valence-corrected chi connectivity index (χ3v) is 3.11. The summed E-state index contributed by atoms with van der Waals surface area (Å²) in [5.74, 6) is 0.321. The number of primary amides is 1. The Balaban J connectivity index is 1.95. The van der Waals surface area contributed by atoms with Crippen molar-refractivity contribution >= 4 is 27.9 Å². The lowest BCUT2D eigenvalue weighted by atomic mass is 10.2. The third kappa shape index (κ3) is 4.55. The van der Waals surface area contributed by atoms with Crippen molar-refractivity contribution in [1.82, 2.24) is 0 Å². The van der Waals surface area contributed by atoms with Gasteiger partial charge in [-0.25, -0.2) is 0 Å². The summed E-state index contributed by atoms with van der Waals surface area (Å²) in [7, 11) is 0. The average molecular weight is 332 g/mol. The second kappa shape index (κ2) is 6.91. The molecule has 0 saturated heterocycles. The molecular formula is C16H14BrNO2. The molecule has 2 aromatic carbocycles. The van der Waals surface area contributed by atoms with E-state index in [0.29, 0.717) is 6.61 Å². The molecule has 0 aliphatic rings. The van der Waals surface area contributed by atoms with Crippen molar-refractivity contribution in [3.63, 3.8) is 0 Å². The van der Waals surface area contributed by atoms with Crippen LogP contribution in [0.3, 0.4) is 0 Å². The van der Waals surface area contributed by atoms with Gasteiger partial charge in [-0.1, -0.05) is 40.2 Å². The first-order chi connectivity index (χ1) is 9.63. The molecule has 0 heterocycles. The molecule has 0 aliphatic heterocycles. The summed E-state index contributed by atoms with van der Waals surface area (Å²) >= 11 is 3.43. The first-order valence-electron chi connectivity index (χ1n) is 6.08. The molecule has 0 aromatic heterocycles. The first-order valence-corrected chi connectivity index (χ1v) is 6.87. The SMILES string of the molecule is NC(=O)/C=C\c1ccc(OCc2cccc(Br)c2)cc1. The summed E-state index contributed by atoms with van der Waals surface area (Å²) in [6.45, 7) is 0.510. The highest BCUT2D eigenvalue weighted by molar-refractivity contribution is 9.10. The number of rotatable bonds is 5. The zero-order chi connectivity index (χ0) is 14.4. The van der Waals surface area contributed by atoms with Crippen LogP contribution in [-0.4, -0.2) is 5.91 Å². The van der Waals surface area contributed by atoms with Gasteiger partial charge < -0.3 is 10.5 Å². The highest BCUT2D eigenvalue weighted by Crippen LogP contribution is 2.17. The molecular weight excluding hydrogens is 318 g/mol. The number of hydrogen-bond donors (Lipinski definition) is 1. The molecule has 2 rings (SSSR count). The molecule has 20 heavy (non-hydrogen) atoms. The molecule has 102 valence electrons. The van der Waals surface area contributed by atoms with Gasteiger partial charge in [0, 0.05) is 10.5 Å². The maximum atomic E-state index is 10.6. The van der Waals surface area contributed by atoms with E-state index in [4.69, 9.17) is 10.5 Å². The predicted octanol–water partition coefficient (Wildman–Crippen LogP) is 3.53. The van der Waals surface area contributed by atoms with E-state index in [1.54, 1.807) is 6.08 Å². The number of hydrogen-bond acceptors (Lipinski definition) is 2. The zero-order valence-corrected chi connectivity index (χ0v) is 12.3. The lowest BCUT2D eigenvalue weighted by Crippen LogP contribution is -2.05. The van der Waals surface area contributed by atoms with E-state index in [9.17, 15) is 4.79 Å². The van der Waals surface area contributed by atoms with Crippen molar-refractivity contribution in [2.75, 3.05) is 0 Å². The fourth-order valence-electron chi connectivity index (χ4n) is 1.65. The van der Waals surface area contributed by atoms with E-state index in [1.807, 2.05) is 48.5 Å². The summed E-state index contributed by atoms with van der Waals surface area (Å²) in [5.41, 5.74) is 7.04. The van der Waals surface area contributed by atoms with Crippen LogP contribution in [0.15, 0.2) is 59.1 Å². The van der Waals surface area contributed by atoms with Crippen LogP contribution in [0.2, 0.25) is 0 Å². The molecule has 1 amide bonds. The van der Waals surface area contributed by atoms with Gasteiger partial charge in [0.2, 0.25) is 5.91 Å². The quantitative estimate of drug-likeness (QED) is 0.852. The van der Waals surface area contributed by atoms with Crippen LogP contribution < -0.4 is 10.5 Å². The van der Waals surface area contributed by atoms with Crippen LogP contribution in [0.25, 0.3) is 6.08 Å².